The van der Waals surface area contributed by atoms with E-state index in [9.17, 15) is 4.79 Å². The Bertz CT molecular complexity index is 792. The fraction of sp³-hybridized carbons (Fsp3) is 0.125. The SMILES string of the molecule is Cc1ccc(-c2nnnn2Cc2ccc(C(=O)O)cc2)cc1. The maximum Gasteiger partial charge on any atom is 0.335 e. The van der Waals surface area contributed by atoms with Gasteiger partial charge in [-0.2, -0.15) is 0 Å². The van der Waals surface area contributed by atoms with Crippen LogP contribution < -0.4 is 0 Å². The van der Waals surface area contributed by atoms with Gasteiger partial charge in [0.15, 0.2) is 5.82 Å². The standard InChI is InChI=1S/C16H14N4O2/c1-11-2-6-13(7-3-11)15-17-18-19-20(15)10-12-4-8-14(9-5-12)16(21)22/h2-9H,10H2,1H3,(H,21,22). The number of carboxylic acid groups (broad SMARTS) is 1. The molecule has 0 fully saturated rings. The summed E-state index contributed by atoms with van der Waals surface area (Å²) >= 11 is 0. The number of rotatable bonds is 4. The zero-order chi connectivity index (χ0) is 15.5. The third kappa shape index (κ3) is 2.85. The van der Waals surface area contributed by atoms with E-state index in [-0.39, 0.29) is 5.56 Å². The molecule has 6 nitrogen and oxygen atoms in total. The van der Waals surface area contributed by atoms with Crippen molar-refractivity contribution in [1.29, 1.82) is 0 Å². The summed E-state index contributed by atoms with van der Waals surface area (Å²) in [5, 5.41) is 20.7. The van der Waals surface area contributed by atoms with Crippen LogP contribution in [0.15, 0.2) is 48.5 Å². The van der Waals surface area contributed by atoms with Crippen LogP contribution in [-0.4, -0.2) is 31.3 Å². The normalized spacial score (nSPS) is 10.6. The van der Waals surface area contributed by atoms with Gasteiger partial charge in [0.05, 0.1) is 12.1 Å². The van der Waals surface area contributed by atoms with Gasteiger partial charge in [-0.25, -0.2) is 9.48 Å². The van der Waals surface area contributed by atoms with Crippen LogP contribution in [0.3, 0.4) is 0 Å². The highest BCUT2D eigenvalue weighted by Gasteiger charge is 2.09. The molecule has 0 saturated carbocycles. The Hall–Kier alpha value is -3.02. The Balaban J connectivity index is 1.86. The van der Waals surface area contributed by atoms with Gasteiger partial charge in [0.25, 0.3) is 0 Å². The lowest BCUT2D eigenvalue weighted by atomic mass is 10.1. The summed E-state index contributed by atoms with van der Waals surface area (Å²) in [5.74, 6) is -0.253. The minimum absolute atomic E-state index is 0.263. The summed E-state index contributed by atoms with van der Waals surface area (Å²) in [6.07, 6.45) is 0. The molecule has 0 aliphatic rings. The van der Waals surface area contributed by atoms with Crippen LogP contribution in [0.2, 0.25) is 0 Å². The number of benzene rings is 2. The Kier molecular flexibility index (Phi) is 3.65. The maximum atomic E-state index is 10.9. The van der Waals surface area contributed by atoms with E-state index in [0.29, 0.717) is 12.4 Å². The van der Waals surface area contributed by atoms with Crippen molar-refractivity contribution >= 4 is 5.97 Å². The molecule has 1 N–H and O–H groups in total. The van der Waals surface area contributed by atoms with E-state index in [1.165, 1.54) is 5.56 Å². The minimum atomic E-state index is -0.936. The van der Waals surface area contributed by atoms with Gasteiger partial charge in [-0.05, 0) is 35.0 Å². The second-order valence-electron chi connectivity index (χ2n) is 5.03. The van der Waals surface area contributed by atoms with Gasteiger partial charge in [0.2, 0.25) is 0 Å². The summed E-state index contributed by atoms with van der Waals surface area (Å²) in [4.78, 5) is 10.9. The number of hydrogen-bond donors (Lipinski definition) is 1. The molecule has 0 aliphatic heterocycles. The van der Waals surface area contributed by atoms with E-state index in [2.05, 4.69) is 15.5 Å². The number of carbonyl (C=O) groups is 1. The molecular weight excluding hydrogens is 280 g/mol. The topological polar surface area (TPSA) is 80.9 Å². The second-order valence-corrected chi connectivity index (χ2v) is 5.03. The van der Waals surface area contributed by atoms with Crippen molar-refractivity contribution in [1.82, 2.24) is 20.2 Å². The number of aromatic nitrogens is 4. The van der Waals surface area contributed by atoms with Crippen LogP contribution >= 0.6 is 0 Å². The average molecular weight is 294 g/mol. The smallest absolute Gasteiger partial charge is 0.335 e. The van der Waals surface area contributed by atoms with Crippen molar-refractivity contribution in [3.8, 4) is 11.4 Å². The maximum absolute atomic E-state index is 10.9. The molecule has 0 saturated heterocycles. The molecule has 0 spiro atoms. The average Bonchev–Trinajstić information content (AvgIpc) is 2.97. The molecule has 1 aromatic heterocycles. The fourth-order valence-corrected chi connectivity index (χ4v) is 2.15. The van der Waals surface area contributed by atoms with Crippen LogP contribution in [0.4, 0.5) is 0 Å². The van der Waals surface area contributed by atoms with E-state index >= 15 is 0 Å². The Morgan fingerprint density at radius 3 is 2.41 bits per heavy atom. The summed E-state index contributed by atoms with van der Waals surface area (Å²) in [5.41, 5.74) is 3.31. The van der Waals surface area contributed by atoms with Gasteiger partial charge in [-0.15, -0.1) is 5.10 Å². The third-order valence-corrected chi connectivity index (χ3v) is 3.37. The van der Waals surface area contributed by atoms with Crippen LogP contribution in [0, 0.1) is 6.92 Å². The first kappa shape index (κ1) is 13.9. The van der Waals surface area contributed by atoms with Gasteiger partial charge in [-0.3, -0.25) is 0 Å². The van der Waals surface area contributed by atoms with Crippen molar-refractivity contribution in [2.45, 2.75) is 13.5 Å². The van der Waals surface area contributed by atoms with Crippen LogP contribution in [0.5, 0.6) is 0 Å². The van der Waals surface area contributed by atoms with Crippen molar-refractivity contribution in [2.24, 2.45) is 0 Å². The van der Waals surface area contributed by atoms with Gasteiger partial charge in [0, 0.05) is 5.56 Å². The highest BCUT2D eigenvalue weighted by atomic mass is 16.4. The molecule has 3 rings (SSSR count). The zero-order valence-corrected chi connectivity index (χ0v) is 12.0. The third-order valence-electron chi connectivity index (χ3n) is 3.37. The predicted octanol–water partition coefficient (Wildman–Crippen LogP) is 2.40. The first-order valence-corrected chi connectivity index (χ1v) is 6.79. The Morgan fingerprint density at radius 2 is 1.77 bits per heavy atom. The van der Waals surface area contributed by atoms with Gasteiger partial charge < -0.3 is 5.11 Å². The largest absolute Gasteiger partial charge is 0.478 e. The quantitative estimate of drug-likeness (QED) is 0.799. The summed E-state index contributed by atoms with van der Waals surface area (Å²) in [6.45, 7) is 2.51. The molecule has 22 heavy (non-hydrogen) atoms. The molecule has 0 bridgehead atoms. The molecule has 2 aromatic carbocycles. The lowest BCUT2D eigenvalue weighted by molar-refractivity contribution is 0.0697. The summed E-state index contributed by atoms with van der Waals surface area (Å²) in [7, 11) is 0. The molecule has 3 aromatic rings. The van der Waals surface area contributed by atoms with Crippen LogP contribution in [-0.2, 0) is 6.54 Å². The second kappa shape index (κ2) is 5.77. The monoisotopic (exact) mass is 294 g/mol. The molecule has 6 heteroatoms. The number of nitrogens with zero attached hydrogens (tertiary/aromatic N) is 4. The molecule has 0 atom stereocenters. The number of aryl methyl sites for hydroxylation is 1. The molecular formula is C16H14N4O2. The predicted molar refractivity (Wildman–Crippen MR) is 80.5 cm³/mol. The number of tetrazole rings is 1. The highest BCUT2D eigenvalue weighted by molar-refractivity contribution is 5.87. The zero-order valence-electron chi connectivity index (χ0n) is 12.0. The Labute approximate surface area is 127 Å². The van der Waals surface area contributed by atoms with Crippen LogP contribution in [0.25, 0.3) is 11.4 Å². The van der Waals surface area contributed by atoms with E-state index in [4.69, 9.17) is 5.11 Å². The summed E-state index contributed by atoms with van der Waals surface area (Å²) < 4.78 is 1.69. The van der Waals surface area contributed by atoms with Gasteiger partial charge in [0.1, 0.15) is 0 Å². The van der Waals surface area contributed by atoms with Crippen molar-refractivity contribution in [2.75, 3.05) is 0 Å². The first-order chi connectivity index (χ1) is 10.6. The van der Waals surface area contributed by atoms with Crippen molar-refractivity contribution < 1.29 is 9.90 Å². The molecule has 110 valence electrons. The van der Waals surface area contributed by atoms with E-state index < -0.39 is 5.97 Å². The van der Waals surface area contributed by atoms with E-state index in [0.717, 1.165) is 11.1 Å². The summed E-state index contributed by atoms with van der Waals surface area (Å²) in [6, 6.07) is 14.7. The highest BCUT2D eigenvalue weighted by Crippen LogP contribution is 2.17. The molecule has 0 unspecified atom stereocenters. The van der Waals surface area contributed by atoms with Crippen molar-refractivity contribution in [3.63, 3.8) is 0 Å². The van der Waals surface area contributed by atoms with Gasteiger partial charge in [-0.1, -0.05) is 42.0 Å². The lowest BCUT2D eigenvalue weighted by Crippen LogP contribution is -2.05. The fourth-order valence-electron chi connectivity index (χ4n) is 2.15. The Morgan fingerprint density at radius 1 is 1.09 bits per heavy atom. The molecule has 1 heterocycles. The van der Waals surface area contributed by atoms with Crippen LogP contribution in [0.1, 0.15) is 21.5 Å². The number of carboxylic acids is 1. The van der Waals surface area contributed by atoms with E-state index in [1.807, 2.05) is 31.2 Å². The number of hydrogen-bond acceptors (Lipinski definition) is 4. The first-order valence-electron chi connectivity index (χ1n) is 6.79. The number of aromatic carboxylic acids is 1. The van der Waals surface area contributed by atoms with Gasteiger partial charge >= 0.3 is 5.97 Å². The minimum Gasteiger partial charge on any atom is -0.478 e. The lowest BCUT2D eigenvalue weighted by Gasteiger charge is -2.05. The molecule has 0 amide bonds. The van der Waals surface area contributed by atoms with E-state index in [1.54, 1.807) is 28.9 Å². The molecule has 0 radical (unpaired) electrons. The molecule has 0 aliphatic carbocycles. The van der Waals surface area contributed by atoms with Crippen molar-refractivity contribution in [3.05, 3.63) is 65.2 Å².